The first-order valence-corrected chi connectivity index (χ1v) is 8.39. The average Bonchev–Trinajstić information content (AvgIpc) is 3.25. The smallest absolute Gasteiger partial charge is 0.289 e. The molecule has 4 rings (SSSR count). The summed E-state index contributed by atoms with van der Waals surface area (Å²) in [4.78, 5) is 39.1. The second-order valence-corrected chi connectivity index (χ2v) is 6.59. The fraction of sp³-hybridized carbons (Fsp3) is 0.312. The van der Waals surface area contributed by atoms with E-state index in [0.29, 0.717) is 30.9 Å². The van der Waals surface area contributed by atoms with Gasteiger partial charge in [0.15, 0.2) is 5.76 Å². The van der Waals surface area contributed by atoms with Crippen molar-refractivity contribution in [2.45, 2.75) is 12.5 Å². The highest BCUT2D eigenvalue weighted by atomic mass is 32.2. The van der Waals surface area contributed by atoms with Crippen LogP contribution in [-0.4, -0.2) is 51.7 Å². The molecule has 1 unspecified atom stereocenters. The van der Waals surface area contributed by atoms with Gasteiger partial charge in [0, 0.05) is 18.5 Å². The zero-order valence-corrected chi connectivity index (χ0v) is 13.0. The van der Waals surface area contributed by atoms with Gasteiger partial charge in [-0.3, -0.25) is 19.3 Å². The van der Waals surface area contributed by atoms with Gasteiger partial charge < -0.3 is 9.32 Å². The lowest BCUT2D eigenvalue weighted by Gasteiger charge is -2.21. The summed E-state index contributed by atoms with van der Waals surface area (Å²) in [5.74, 6) is 0.131. The van der Waals surface area contributed by atoms with E-state index >= 15 is 0 Å². The molecule has 23 heavy (non-hydrogen) atoms. The van der Waals surface area contributed by atoms with Crippen molar-refractivity contribution >= 4 is 39.8 Å². The summed E-state index contributed by atoms with van der Waals surface area (Å²) < 4.78 is 5.60. The molecule has 2 saturated heterocycles. The highest BCUT2D eigenvalue weighted by molar-refractivity contribution is 8.14. The van der Waals surface area contributed by atoms with Gasteiger partial charge in [0.1, 0.15) is 5.58 Å². The minimum absolute atomic E-state index is 0.164. The molecule has 2 aliphatic heterocycles. The normalized spacial score (nSPS) is 21.7. The zero-order chi connectivity index (χ0) is 16.0. The molecular formula is C16H14N2O4S. The minimum atomic E-state index is -0.224. The lowest BCUT2D eigenvalue weighted by Crippen LogP contribution is -2.41. The van der Waals surface area contributed by atoms with Gasteiger partial charge in [0.05, 0.1) is 11.8 Å². The van der Waals surface area contributed by atoms with Crippen LogP contribution in [0.5, 0.6) is 0 Å². The van der Waals surface area contributed by atoms with Gasteiger partial charge in [-0.15, -0.1) is 0 Å². The first kappa shape index (κ1) is 14.3. The third-order valence-corrected chi connectivity index (χ3v) is 5.07. The van der Waals surface area contributed by atoms with Gasteiger partial charge in [-0.05, 0) is 18.6 Å². The Balaban J connectivity index is 1.52. The SMILES string of the molecule is O=C(c1cc2ccccc2o1)N1CCC(N2C(=O)CSC2=O)C1. The second-order valence-electron chi connectivity index (χ2n) is 5.66. The van der Waals surface area contributed by atoms with Crippen LogP contribution >= 0.6 is 11.8 Å². The number of imide groups is 1. The van der Waals surface area contributed by atoms with Crippen LogP contribution in [0, 0.1) is 0 Å². The number of rotatable bonds is 2. The van der Waals surface area contributed by atoms with E-state index in [0.717, 1.165) is 17.1 Å². The predicted molar refractivity (Wildman–Crippen MR) is 85.2 cm³/mol. The van der Waals surface area contributed by atoms with Crippen molar-refractivity contribution in [3.8, 4) is 0 Å². The number of carbonyl (C=O) groups excluding carboxylic acids is 3. The molecule has 2 fully saturated rings. The van der Waals surface area contributed by atoms with E-state index in [-0.39, 0.29) is 28.8 Å². The molecule has 0 aliphatic carbocycles. The maximum absolute atomic E-state index is 12.6. The predicted octanol–water partition coefficient (Wildman–Crippen LogP) is 2.34. The van der Waals surface area contributed by atoms with Crippen LogP contribution in [0.1, 0.15) is 17.0 Å². The molecule has 1 aromatic carbocycles. The van der Waals surface area contributed by atoms with Crippen LogP contribution in [0.15, 0.2) is 34.7 Å². The van der Waals surface area contributed by atoms with E-state index in [2.05, 4.69) is 0 Å². The largest absolute Gasteiger partial charge is 0.451 e. The first-order chi connectivity index (χ1) is 11.1. The van der Waals surface area contributed by atoms with Crippen molar-refractivity contribution in [3.05, 3.63) is 36.1 Å². The number of amides is 3. The van der Waals surface area contributed by atoms with Crippen molar-refractivity contribution in [2.24, 2.45) is 0 Å². The lowest BCUT2D eigenvalue weighted by molar-refractivity contribution is -0.126. The number of hydrogen-bond donors (Lipinski definition) is 0. The van der Waals surface area contributed by atoms with Crippen molar-refractivity contribution in [1.82, 2.24) is 9.80 Å². The summed E-state index contributed by atoms with van der Waals surface area (Å²) in [6, 6.07) is 8.96. The Hall–Kier alpha value is -2.28. The quantitative estimate of drug-likeness (QED) is 0.845. The highest BCUT2D eigenvalue weighted by Gasteiger charge is 2.40. The monoisotopic (exact) mass is 330 g/mol. The number of thioether (sulfide) groups is 1. The first-order valence-electron chi connectivity index (χ1n) is 7.40. The number of benzene rings is 1. The second kappa shape index (κ2) is 5.42. The summed E-state index contributed by atoms with van der Waals surface area (Å²) in [5, 5.41) is 0.672. The van der Waals surface area contributed by atoms with Crippen molar-refractivity contribution in [1.29, 1.82) is 0 Å². The van der Waals surface area contributed by atoms with E-state index in [1.54, 1.807) is 11.0 Å². The third-order valence-electron chi connectivity index (χ3n) is 4.24. The van der Waals surface area contributed by atoms with Gasteiger partial charge in [-0.2, -0.15) is 0 Å². The molecule has 0 N–H and O–H groups in total. The highest BCUT2D eigenvalue weighted by Crippen LogP contribution is 2.27. The number of hydrogen-bond acceptors (Lipinski definition) is 5. The number of para-hydroxylation sites is 1. The summed E-state index contributed by atoms with van der Waals surface area (Å²) in [6.07, 6.45) is 0.615. The number of nitrogens with zero attached hydrogens (tertiary/aromatic N) is 2. The fourth-order valence-electron chi connectivity index (χ4n) is 3.10. The number of furan rings is 1. The van der Waals surface area contributed by atoms with Gasteiger partial charge >= 0.3 is 0 Å². The van der Waals surface area contributed by atoms with Crippen LogP contribution < -0.4 is 0 Å². The molecule has 2 aliphatic rings. The molecular weight excluding hydrogens is 316 g/mol. The summed E-state index contributed by atoms with van der Waals surface area (Å²) in [6.45, 7) is 0.885. The van der Waals surface area contributed by atoms with E-state index in [9.17, 15) is 14.4 Å². The van der Waals surface area contributed by atoms with Crippen LogP contribution in [0.25, 0.3) is 11.0 Å². The third kappa shape index (κ3) is 2.41. The van der Waals surface area contributed by atoms with Crippen molar-refractivity contribution in [3.63, 3.8) is 0 Å². The number of likely N-dealkylation sites (tertiary alicyclic amines) is 1. The Labute approximate surface area is 136 Å². The molecule has 6 nitrogen and oxygen atoms in total. The molecule has 2 aromatic rings. The van der Waals surface area contributed by atoms with E-state index < -0.39 is 0 Å². The summed E-state index contributed by atoms with van der Waals surface area (Å²) >= 11 is 1.02. The van der Waals surface area contributed by atoms with Crippen molar-refractivity contribution < 1.29 is 18.8 Å². The zero-order valence-electron chi connectivity index (χ0n) is 12.2. The standard InChI is InChI=1S/C16H14N2O4S/c19-14-9-23-16(21)18(14)11-5-6-17(8-11)15(20)13-7-10-3-1-2-4-12(10)22-13/h1-4,7,11H,5-6,8-9H2. The van der Waals surface area contributed by atoms with Crippen LogP contribution in [0.4, 0.5) is 4.79 Å². The Kier molecular flexibility index (Phi) is 3.37. The molecule has 7 heteroatoms. The van der Waals surface area contributed by atoms with Crippen molar-refractivity contribution in [2.75, 3.05) is 18.8 Å². The molecule has 1 atom stereocenters. The van der Waals surface area contributed by atoms with Gasteiger partial charge in [-0.1, -0.05) is 30.0 Å². The molecule has 3 amide bonds. The lowest BCUT2D eigenvalue weighted by atomic mass is 10.2. The number of fused-ring (bicyclic) bond motifs is 1. The minimum Gasteiger partial charge on any atom is -0.451 e. The van der Waals surface area contributed by atoms with Crippen LogP contribution in [0.2, 0.25) is 0 Å². The molecule has 0 bridgehead atoms. The number of carbonyl (C=O) groups is 3. The molecule has 0 radical (unpaired) electrons. The van der Waals surface area contributed by atoms with E-state index in [1.807, 2.05) is 24.3 Å². The van der Waals surface area contributed by atoms with Gasteiger partial charge in [0.25, 0.3) is 11.1 Å². The fourth-order valence-corrected chi connectivity index (χ4v) is 3.87. The molecule has 1 aromatic heterocycles. The molecule has 118 valence electrons. The Bertz CT molecular complexity index is 766. The maximum atomic E-state index is 12.6. The van der Waals surface area contributed by atoms with Gasteiger partial charge in [-0.25, -0.2) is 0 Å². The maximum Gasteiger partial charge on any atom is 0.289 e. The van der Waals surface area contributed by atoms with Gasteiger partial charge in [0.2, 0.25) is 5.91 Å². The summed E-state index contributed by atoms with van der Waals surface area (Å²) in [7, 11) is 0. The van der Waals surface area contributed by atoms with Crippen LogP contribution in [0.3, 0.4) is 0 Å². The average molecular weight is 330 g/mol. The summed E-state index contributed by atoms with van der Waals surface area (Å²) in [5.41, 5.74) is 0.674. The Morgan fingerprint density at radius 2 is 2.09 bits per heavy atom. The molecule has 3 heterocycles. The molecule has 0 spiro atoms. The Morgan fingerprint density at radius 1 is 1.26 bits per heavy atom. The Morgan fingerprint density at radius 3 is 2.83 bits per heavy atom. The molecule has 0 saturated carbocycles. The van der Waals surface area contributed by atoms with Crippen LogP contribution in [-0.2, 0) is 4.79 Å². The van der Waals surface area contributed by atoms with E-state index in [1.165, 1.54) is 4.90 Å². The van der Waals surface area contributed by atoms with E-state index in [4.69, 9.17) is 4.42 Å². The topological polar surface area (TPSA) is 70.8 Å².